The largest absolute Gasteiger partial charge is 0.397 e. The first-order valence-electron chi connectivity index (χ1n) is 5.59. The van der Waals surface area contributed by atoms with E-state index in [0.717, 1.165) is 5.39 Å². The summed E-state index contributed by atoms with van der Waals surface area (Å²) in [5.41, 5.74) is 9.45. The first kappa shape index (κ1) is 11.6. The van der Waals surface area contributed by atoms with Gasteiger partial charge in [0.1, 0.15) is 4.88 Å². The summed E-state index contributed by atoms with van der Waals surface area (Å²) in [5, 5.41) is 3.67. The number of hydrogen-bond acceptors (Lipinski definition) is 5. The minimum Gasteiger partial charge on any atom is -0.397 e. The first-order chi connectivity index (χ1) is 9.25. The van der Waals surface area contributed by atoms with Gasteiger partial charge in [-0.25, -0.2) is 0 Å². The molecule has 0 radical (unpaired) electrons. The number of fused-ring (bicyclic) bond motifs is 1. The molecule has 1 amide bonds. The Balaban J connectivity index is 2.02. The second-order valence-electron chi connectivity index (χ2n) is 3.92. The van der Waals surface area contributed by atoms with Crippen LogP contribution in [0.1, 0.15) is 9.67 Å². The van der Waals surface area contributed by atoms with Crippen LogP contribution in [-0.2, 0) is 0 Å². The molecule has 0 aliphatic carbocycles. The van der Waals surface area contributed by atoms with E-state index in [1.807, 2.05) is 12.1 Å². The molecule has 0 spiro atoms. The molecule has 0 fully saturated rings. The molecule has 2 aromatic heterocycles. The molecule has 2 heterocycles. The minimum absolute atomic E-state index is 0.183. The van der Waals surface area contributed by atoms with Crippen molar-refractivity contribution in [2.75, 3.05) is 11.1 Å². The number of nitrogens with two attached hydrogens (primary N) is 1. The standard InChI is InChI=1S/C13H10N4OS/c14-9-3-4-10(8-2-1-5-16-12(8)9)17-13(18)11-6-15-7-19-11/h1-7H,14H2,(H,17,18). The fourth-order valence-electron chi connectivity index (χ4n) is 1.82. The topological polar surface area (TPSA) is 80.9 Å². The zero-order valence-corrected chi connectivity index (χ0v) is 10.6. The van der Waals surface area contributed by atoms with Crippen molar-refractivity contribution >= 4 is 39.5 Å². The third-order valence-corrected chi connectivity index (χ3v) is 3.48. The van der Waals surface area contributed by atoms with Crippen LogP contribution in [0.5, 0.6) is 0 Å². The SMILES string of the molecule is Nc1ccc(NC(=O)c2cncs2)c2cccnc12. The highest BCUT2D eigenvalue weighted by Gasteiger charge is 2.11. The third kappa shape index (κ3) is 2.13. The van der Waals surface area contributed by atoms with Gasteiger partial charge in [-0.2, -0.15) is 0 Å². The van der Waals surface area contributed by atoms with Gasteiger partial charge in [-0.1, -0.05) is 0 Å². The zero-order valence-electron chi connectivity index (χ0n) is 9.83. The normalized spacial score (nSPS) is 10.5. The molecule has 3 N–H and O–H groups in total. The molecule has 6 heteroatoms. The maximum absolute atomic E-state index is 12.0. The molecule has 0 bridgehead atoms. The van der Waals surface area contributed by atoms with Crippen molar-refractivity contribution in [3.8, 4) is 0 Å². The number of nitrogen functional groups attached to an aromatic ring is 1. The molecule has 94 valence electrons. The fraction of sp³-hybridized carbons (Fsp3) is 0. The third-order valence-electron chi connectivity index (χ3n) is 2.71. The van der Waals surface area contributed by atoms with Gasteiger partial charge in [0.15, 0.2) is 0 Å². The van der Waals surface area contributed by atoms with E-state index in [9.17, 15) is 4.79 Å². The number of pyridine rings is 1. The predicted molar refractivity (Wildman–Crippen MR) is 76.2 cm³/mol. The Bertz CT molecular complexity index is 739. The number of nitrogens with zero attached hydrogens (tertiary/aromatic N) is 2. The summed E-state index contributed by atoms with van der Waals surface area (Å²) >= 11 is 1.30. The Morgan fingerprint density at radius 1 is 1.32 bits per heavy atom. The van der Waals surface area contributed by atoms with Gasteiger partial charge >= 0.3 is 0 Å². The van der Waals surface area contributed by atoms with Gasteiger partial charge in [0.05, 0.1) is 28.6 Å². The summed E-state index contributed by atoms with van der Waals surface area (Å²) in [6.07, 6.45) is 3.21. The summed E-state index contributed by atoms with van der Waals surface area (Å²) in [5.74, 6) is -0.183. The summed E-state index contributed by atoms with van der Waals surface area (Å²) in [4.78, 5) is 20.7. The average Bonchev–Trinajstić information content (AvgIpc) is 2.96. The van der Waals surface area contributed by atoms with Crippen molar-refractivity contribution in [2.45, 2.75) is 0 Å². The van der Waals surface area contributed by atoms with Gasteiger partial charge in [0, 0.05) is 11.6 Å². The van der Waals surface area contributed by atoms with E-state index in [1.165, 1.54) is 17.5 Å². The molecule has 0 saturated carbocycles. The first-order valence-corrected chi connectivity index (χ1v) is 6.47. The lowest BCUT2D eigenvalue weighted by atomic mass is 10.1. The lowest BCUT2D eigenvalue weighted by molar-refractivity contribution is 0.103. The van der Waals surface area contributed by atoms with Crippen LogP contribution in [0.4, 0.5) is 11.4 Å². The number of rotatable bonds is 2. The summed E-state index contributed by atoms with van der Waals surface area (Å²) in [7, 11) is 0. The van der Waals surface area contributed by atoms with Gasteiger partial charge in [0.25, 0.3) is 5.91 Å². The van der Waals surface area contributed by atoms with Gasteiger partial charge < -0.3 is 11.1 Å². The molecule has 19 heavy (non-hydrogen) atoms. The molecule has 3 aromatic rings. The quantitative estimate of drug-likeness (QED) is 0.701. The Kier molecular flexibility index (Phi) is 2.85. The number of nitrogens with one attached hydrogen (secondary N) is 1. The second-order valence-corrected chi connectivity index (χ2v) is 4.81. The van der Waals surface area contributed by atoms with Crippen LogP contribution in [0, 0.1) is 0 Å². The van der Waals surface area contributed by atoms with Crippen LogP contribution in [-0.4, -0.2) is 15.9 Å². The van der Waals surface area contributed by atoms with Crippen LogP contribution in [0.2, 0.25) is 0 Å². The van der Waals surface area contributed by atoms with Crippen molar-refractivity contribution in [3.05, 3.63) is 47.0 Å². The van der Waals surface area contributed by atoms with Gasteiger partial charge in [-0.15, -0.1) is 11.3 Å². The Morgan fingerprint density at radius 2 is 2.21 bits per heavy atom. The zero-order chi connectivity index (χ0) is 13.2. The number of carbonyl (C=O) groups is 1. The number of aromatic nitrogens is 2. The van der Waals surface area contributed by atoms with Crippen LogP contribution < -0.4 is 11.1 Å². The molecule has 5 nitrogen and oxygen atoms in total. The number of thiazole rings is 1. The van der Waals surface area contributed by atoms with Crippen LogP contribution >= 0.6 is 11.3 Å². The second kappa shape index (κ2) is 4.66. The van der Waals surface area contributed by atoms with Gasteiger partial charge in [-0.3, -0.25) is 14.8 Å². The molecular weight excluding hydrogens is 260 g/mol. The van der Waals surface area contributed by atoms with Gasteiger partial charge in [0.2, 0.25) is 0 Å². The minimum atomic E-state index is -0.183. The molecule has 3 rings (SSSR count). The van der Waals surface area contributed by atoms with E-state index >= 15 is 0 Å². The van der Waals surface area contributed by atoms with E-state index in [4.69, 9.17) is 5.73 Å². The van der Waals surface area contributed by atoms with E-state index < -0.39 is 0 Å². The molecule has 0 aliphatic rings. The number of anilines is 2. The van der Waals surface area contributed by atoms with E-state index in [0.29, 0.717) is 21.8 Å². The molecule has 0 aliphatic heterocycles. The van der Waals surface area contributed by atoms with Crippen molar-refractivity contribution in [1.82, 2.24) is 9.97 Å². The van der Waals surface area contributed by atoms with Crippen molar-refractivity contribution in [3.63, 3.8) is 0 Å². The molecule has 0 unspecified atom stereocenters. The predicted octanol–water partition coefficient (Wildman–Crippen LogP) is 2.53. The average molecular weight is 270 g/mol. The van der Waals surface area contributed by atoms with E-state index in [-0.39, 0.29) is 5.91 Å². The highest BCUT2D eigenvalue weighted by atomic mass is 32.1. The fourth-order valence-corrected chi connectivity index (χ4v) is 2.33. The molecular formula is C13H10N4OS. The lowest BCUT2D eigenvalue weighted by Crippen LogP contribution is -2.10. The van der Waals surface area contributed by atoms with E-state index in [1.54, 1.807) is 23.8 Å². The van der Waals surface area contributed by atoms with Gasteiger partial charge in [-0.05, 0) is 24.3 Å². The van der Waals surface area contributed by atoms with Crippen LogP contribution in [0.25, 0.3) is 10.9 Å². The molecule has 1 aromatic carbocycles. The maximum Gasteiger partial charge on any atom is 0.267 e. The highest BCUT2D eigenvalue weighted by Crippen LogP contribution is 2.26. The monoisotopic (exact) mass is 270 g/mol. The van der Waals surface area contributed by atoms with Crippen molar-refractivity contribution in [2.24, 2.45) is 0 Å². The van der Waals surface area contributed by atoms with E-state index in [2.05, 4.69) is 15.3 Å². The summed E-state index contributed by atoms with van der Waals surface area (Å²) in [6, 6.07) is 7.20. The number of amides is 1. The molecule has 0 saturated heterocycles. The Morgan fingerprint density at radius 3 is 3.00 bits per heavy atom. The lowest BCUT2D eigenvalue weighted by Gasteiger charge is -2.08. The van der Waals surface area contributed by atoms with Crippen LogP contribution in [0.15, 0.2) is 42.2 Å². The number of benzene rings is 1. The number of carbonyl (C=O) groups excluding carboxylic acids is 1. The Hall–Kier alpha value is -2.47. The summed E-state index contributed by atoms with van der Waals surface area (Å²) in [6.45, 7) is 0. The maximum atomic E-state index is 12.0. The summed E-state index contributed by atoms with van der Waals surface area (Å²) < 4.78 is 0. The number of hydrogen-bond donors (Lipinski definition) is 2. The smallest absolute Gasteiger partial charge is 0.267 e. The van der Waals surface area contributed by atoms with Crippen LogP contribution in [0.3, 0.4) is 0 Å². The van der Waals surface area contributed by atoms with Crippen molar-refractivity contribution < 1.29 is 4.79 Å². The van der Waals surface area contributed by atoms with Crippen molar-refractivity contribution in [1.29, 1.82) is 0 Å². The highest BCUT2D eigenvalue weighted by molar-refractivity contribution is 7.11. The Labute approximate surface area is 113 Å². The molecule has 0 atom stereocenters.